The van der Waals surface area contributed by atoms with E-state index < -0.39 is 0 Å². The Labute approximate surface area is 165 Å². The number of hydrogen-bond donors (Lipinski definition) is 3. The molecular formula is C21H17N3O3S. The molecule has 6 nitrogen and oxygen atoms in total. The lowest BCUT2D eigenvalue weighted by molar-refractivity contribution is 0.0952. The van der Waals surface area contributed by atoms with E-state index in [1.165, 1.54) is 11.3 Å². The van der Waals surface area contributed by atoms with Gasteiger partial charge in [-0.15, -0.1) is 11.3 Å². The number of anilines is 2. The normalized spacial score (nSPS) is 10.6. The van der Waals surface area contributed by atoms with Crippen molar-refractivity contribution >= 4 is 44.9 Å². The van der Waals surface area contributed by atoms with Crippen molar-refractivity contribution in [3.05, 3.63) is 83.4 Å². The van der Waals surface area contributed by atoms with E-state index in [2.05, 4.69) is 16.0 Å². The van der Waals surface area contributed by atoms with Crippen molar-refractivity contribution in [1.29, 1.82) is 0 Å². The molecule has 4 rings (SSSR count). The standard InChI is InChI=1S/C21H17N3O3S/c25-20(22-13-16-12-14-6-4-5-9-17(14)27-16)18-10-11-19(28-18)24-21(26)23-15-7-2-1-3-8-15/h1-12H,13H2,(H,22,25)(H2,23,24,26). The van der Waals surface area contributed by atoms with Crippen LogP contribution in [0.5, 0.6) is 0 Å². The highest BCUT2D eigenvalue weighted by Gasteiger charge is 2.12. The number of thiophene rings is 1. The minimum atomic E-state index is -0.359. The van der Waals surface area contributed by atoms with Crippen LogP contribution in [0.2, 0.25) is 0 Å². The molecule has 2 aromatic carbocycles. The number of amides is 3. The zero-order chi connectivity index (χ0) is 19.3. The molecule has 0 bridgehead atoms. The highest BCUT2D eigenvalue weighted by molar-refractivity contribution is 7.18. The SMILES string of the molecule is O=C(Nc1ccccc1)Nc1ccc(C(=O)NCc2cc3ccccc3o2)s1. The fourth-order valence-electron chi connectivity index (χ4n) is 2.70. The third-order valence-corrected chi connectivity index (χ3v) is 5.00. The second-order valence-corrected chi connectivity index (χ2v) is 7.13. The van der Waals surface area contributed by atoms with Gasteiger partial charge in [-0.3, -0.25) is 10.1 Å². The largest absolute Gasteiger partial charge is 0.459 e. The van der Waals surface area contributed by atoms with E-state index in [1.54, 1.807) is 24.3 Å². The lowest BCUT2D eigenvalue weighted by atomic mass is 10.2. The minimum Gasteiger partial charge on any atom is -0.459 e. The van der Waals surface area contributed by atoms with Crippen molar-refractivity contribution in [3.8, 4) is 0 Å². The van der Waals surface area contributed by atoms with Crippen LogP contribution in [-0.2, 0) is 6.54 Å². The number of urea groups is 1. The molecule has 0 spiro atoms. The van der Waals surface area contributed by atoms with Crippen LogP contribution in [0.4, 0.5) is 15.5 Å². The molecule has 0 aliphatic rings. The topological polar surface area (TPSA) is 83.4 Å². The maximum absolute atomic E-state index is 12.4. The van der Waals surface area contributed by atoms with E-state index in [1.807, 2.05) is 48.5 Å². The van der Waals surface area contributed by atoms with E-state index >= 15 is 0 Å². The molecule has 3 N–H and O–H groups in total. The third-order valence-electron chi connectivity index (χ3n) is 4.00. The van der Waals surface area contributed by atoms with Crippen LogP contribution in [0.25, 0.3) is 11.0 Å². The van der Waals surface area contributed by atoms with Crippen LogP contribution in [-0.4, -0.2) is 11.9 Å². The lowest BCUT2D eigenvalue weighted by Gasteiger charge is -2.05. The first-order chi connectivity index (χ1) is 13.7. The average molecular weight is 391 g/mol. The molecule has 0 aliphatic carbocycles. The van der Waals surface area contributed by atoms with Crippen molar-refractivity contribution in [2.45, 2.75) is 6.54 Å². The van der Waals surface area contributed by atoms with E-state index in [0.717, 1.165) is 11.0 Å². The fourth-order valence-corrected chi connectivity index (χ4v) is 3.52. The fraction of sp³-hybridized carbons (Fsp3) is 0.0476. The summed E-state index contributed by atoms with van der Waals surface area (Å²) in [5.74, 6) is 0.466. The van der Waals surface area contributed by atoms with Crippen molar-refractivity contribution in [2.24, 2.45) is 0 Å². The first-order valence-electron chi connectivity index (χ1n) is 8.66. The molecule has 0 fully saturated rings. The number of para-hydroxylation sites is 2. The van der Waals surface area contributed by atoms with Crippen LogP contribution in [0.1, 0.15) is 15.4 Å². The molecule has 0 unspecified atom stereocenters. The van der Waals surface area contributed by atoms with Gasteiger partial charge in [0.05, 0.1) is 16.4 Å². The predicted molar refractivity (Wildman–Crippen MR) is 111 cm³/mol. The molecule has 0 radical (unpaired) electrons. The quantitative estimate of drug-likeness (QED) is 0.444. The average Bonchev–Trinajstić information content (AvgIpc) is 3.33. The summed E-state index contributed by atoms with van der Waals surface area (Å²) in [6.45, 7) is 0.294. The van der Waals surface area contributed by atoms with Crippen molar-refractivity contribution < 1.29 is 14.0 Å². The maximum Gasteiger partial charge on any atom is 0.324 e. The summed E-state index contributed by atoms with van der Waals surface area (Å²) in [4.78, 5) is 24.9. The van der Waals surface area contributed by atoms with E-state index in [4.69, 9.17) is 4.42 Å². The molecule has 0 saturated carbocycles. The summed E-state index contributed by atoms with van der Waals surface area (Å²) in [7, 11) is 0. The number of benzene rings is 2. The van der Waals surface area contributed by atoms with Crippen LogP contribution >= 0.6 is 11.3 Å². The van der Waals surface area contributed by atoms with Crippen molar-refractivity contribution in [2.75, 3.05) is 10.6 Å². The summed E-state index contributed by atoms with van der Waals surface area (Å²) < 4.78 is 5.69. The van der Waals surface area contributed by atoms with Crippen LogP contribution in [0, 0.1) is 0 Å². The van der Waals surface area contributed by atoms with Gasteiger partial charge < -0.3 is 15.1 Å². The number of carbonyl (C=O) groups excluding carboxylic acids is 2. The Hall–Kier alpha value is -3.58. The highest BCUT2D eigenvalue weighted by Crippen LogP contribution is 2.23. The Morgan fingerprint density at radius 3 is 2.50 bits per heavy atom. The molecule has 28 heavy (non-hydrogen) atoms. The van der Waals surface area contributed by atoms with Crippen LogP contribution in [0.15, 0.2) is 77.2 Å². The van der Waals surface area contributed by atoms with Gasteiger partial charge in [0.2, 0.25) is 0 Å². The Kier molecular flexibility index (Phi) is 5.07. The second kappa shape index (κ2) is 7.98. The van der Waals surface area contributed by atoms with Crippen molar-refractivity contribution in [3.63, 3.8) is 0 Å². The molecule has 0 aliphatic heterocycles. The molecule has 2 heterocycles. The van der Waals surface area contributed by atoms with Gasteiger partial charge in [0, 0.05) is 11.1 Å². The van der Waals surface area contributed by atoms with Gasteiger partial charge in [-0.05, 0) is 36.4 Å². The van der Waals surface area contributed by atoms with E-state index in [-0.39, 0.29) is 11.9 Å². The highest BCUT2D eigenvalue weighted by atomic mass is 32.1. The number of carbonyl (C=O) groups is 2. The zero-order valence-electron chi connectivity index (χ0n) is 14.8. The van der Waals surface area contributed by atoms with Gasteiger partial charge in [-0.1, -0.05) is 36.4 Å². The van der Waals surface area contributed by atoms with Crippen LogP contribution in [0.3, 0.4) is 0 Å². The Balaban J connectivity index is 1.33. The van der Waals surface area contributed by atoms with Crippen LogP contribution < -0.4 is 16.0 Å². The predicted octanol–water partition coefficient (Wildman–Crippen LogP) is 5.07. The number of fused-ring (bicyclic) bond motifs is 1. The monoisotopic (exact) mass is 391 g/mol. The lowest BCUT2D eigenvalue weighted by Crippen LogP contribution is -2.21. The molecule has 140 valence electrons. The van der Waals surface area contributed by atoms with Gasteiger partial charge in [0.25, 0.3) is 5.91 Å². The summed E-state index contributed by atoms with van der Waals surface area (Å²) in [5, 5.41) is 9.88. The van der Waals surface area contributed by atoms with E-state index in [9.17, 15) is 9.59 Å². The number of nitrogens with one attached hydrogen (secondary N) is 3. The maximum atomic E-state index is 12.4. The van der Waals surface area contributed by atoms with Gasteiger partial charge in [-0.2, -0.15) is 0 Å². The van der Waals surface area contributed by atoms with Gasteiger partial charge in [0.1, 0.15) is 11.3 Å². The Morgan fingerprint density at radius 2 is 1.68 bits per heavy atom. The smallest absolute Gasteiger partial charge is 0.324 e. The summed E-state index contributed by atoms with van der Waals surface area (Å²) >= 11 is 1.21. The Bertz CT molecular complexity index is 1090. The summed E-state index contributed by atoms with van der Waals surface area (Å²) in [6, 6.07) is 21.8. The molecular weight excluding hydrogens is 374 g/mol. The number of rotatable bonds is 5. The molecule has 4 aromatic rings. The molecule has 0 atom stereocenters. The molecule has 3 amide bonds. The second-order valence-electron chi connectivity index (χ2n) is 6.04. The first kappa shape index (κ1) is 17.8. The first-order valence-corrected chi connectivity index (χ1v) is 9.47. The summed E-state index contributed by atoms with van der Waals surface area (Å²) in [5.41, 5.74) is 1.49. The summed E-state index contributed by atoms with van der Waals surface area (Å²) in [6.07, 6.45) is 0. The number of hydrogen-bond acceptors (Lipinski definition) is 4. The number of furan rings is 1. The Morgan fingerprint density at radius 1 is 0.893 bits per heavy atom. The van der Waals surface area contributed by atoms with Gasteiger partial charge >= 0.3 is 6.03 Å². The minimum absolute atomic E-state index is 0.220. The third kappa shape index (κ3) is 4.21. The molecule has 0 saturated heterocycles. The van der Waals surface area contributed by atoms with E-state index in [0.29, 0.717) is 27.9 Å². The molecule has 7 heteroatoms. The molecule has 2 aromatic heterocycles. The zero-order valence-corrected chi connectivity index (χ0v) is 15.6. The van der Waals surface area contributed by atoms with Crippen molar-refractivity contribution in [1.82, 2.24) is 5.32 Å². The van der Waals surface area contributed by atoms with Gasteiger partial charge in [-0.25, -0.2) is 4.79 Å². The van der Waals surface area contributed by atoms with Gasteiger partial charge in [0.15, 0.2) is 0 Å².